The number of aliphatic hydroxyl groups is 1. The van der Waals surface area contributed by atoms with E-state index in [1.807, 2.05) is 49.3 Å². The Kier molecular flexibility index (Phi) is 4.22. The van der Waals surface area contributed by atoms with E-state index in [1.165, 1.54) is 0 Å². The van der Waals surface area contributed by atoms with Crippen molar-refractivity contribution in [2.75, 3.05) is 38.7 Å². The van der Waals surface area contributed by atoms with Crippen molar-refractivity contribution < 1.29 is 9.90 Å². The van der Waals surface area contributed by atoms with E-state index in [0.29, 0.717) is 13.1 Å². The van der Waals surface area contributed by atoms with Crippen LogP contribution in [0.4, 0.5) is 5.69 Å². The molecule has 0 saturated carbocycles. The van der Waals surface area contributed by atoms with Crippen LogP contribution in [-0.2, 0) is 4.79 Å². The molecule has 1 saturated heterocycles. The number of hydrogen-bond donors (Lipinski definition) is 1. The van der Waals surface area contributed by atoms with Crippen molar-refractivity contribution in [2.45, 2.75) is 0 Å². The summed E-state index contributed by atoms with van der Waals surface area (Å²) in [5.74, 6) is 0.276. The van der Waals surface area contributed by atoms with E-state index in [9.17, 15) is 4.79 Å². The molecule has 0 spiro atoms. The molecule has 1 heterocycles. The molecule has 0 aromatic heterocycles. The Labute approximate surface area is 113 Å². The van der Waals surface area contributed by atoms with Gasteiger partial charge in [-0.05, 0) is 23.8 Å². The van der Waals surface area contributed by atoms with Crippen molar-refractivity contribution in [3.63, 3.8) is 0 Å². The molecule has 2 rings (SSSR count). The molecule has 0 radical (unpaired) electrons. The number of amides is 1. The first-order valence-electron chi connectivity index (χ1n) is 6.45. The molecule has 1 aromatic rings. The summed E-state index contributed by atoms with van der Waals surface area (Å²) in [7, 11) is 3.99. The normalized spacial score (nSPS) is 15.6. The summed E-state index contributed by atoms with van der Waals surface area (Å²) in [5.41, 5.74) is 2.15. The van der Waals surface area contributed by atoms with Crippen LogP contribution in [0.15, 0.2) is 30.3 Å². The summed E-state index contributed by atoms with van der Waals surface area (Å²) < 4.78 is 0. The number of carbonyl (C=O) groups excluding carboxylic acids is 1. The van der Waals surface area contributed by atoms with Crippen molar-refractivity contribution in [3.05, 3.63) is 35.9 Å². The Bertz CT molecular complexity index is 460. The first-order chi connectivity index (χ1) is 9.10. The van der Waals surface area contributed by atoms with E-state index in [1.54, 1.807) is 11.0 Å². The zero-order valence-electron chi connectivity index (χ0n) is 11.4. The van der Waals surface area contributed by atoms with E-state index in [2.05, 4.69) is 0 Å². The lowest BCUT2D eigenvalue weighted by Crippen LogP contribution is -2.50. The summed E-state index contributed by atoms with van der Waals surface area (Å²) in [6.45, 7) is 1.50. The van der Waals surface area contributed by atoms with Crippen LogP contribution in [0.25, 0.3) is 6.08 Å². The molecule has 0 bridgehead atoms. The minimum Gasteiger partial charge on any atom is -0.396 e. The number of hydrogen-bond acceptors (Lipinski definition) is 3. The lowest BCUT2D eigenvalue weighted by atomic mass is 10.0. The first-order valence-corrected chi connectivity index (χ1v) is 6.45. The number of rotatable bonds is 4. The highest BCUT2D eigenvalue weighted by Gasteiger charge is 2.28. The van der Waals surface area contributed by atoms with E-state index < -0.39 is 0 Å². The van der Waals surface area contributed by atoms with Crippen LogP contribution in [0, 0.1) is 5.92 Å². The molecule has 0 atom stereocenters. The van der Waals surface area contributed by atoms with Gasteiger partial charge < -0.3 is 14.9 Å². The Morgan fingerprint density at radius 1 is 1.37 bits per heavy atom. The van der Waals surface area contributed by atoms with E-state index >= 15 is 0 Å². The average Bonchev–Trinajstić information content (AvgIpc) is 2.35. The Hall–Kier alpha value is -1.81. The predicted molar refractivity (Wildman–Crippen MR) is 77.0 cm³/mol. The highest BCUT2D eigenvalue weighted by Crippen LogP contribution is 2.16. The lowest BCUT2D eigenvalue weighted by molar-refractivity contribution is -0.132. The van der Waals surface area contributed by atoms with Crippen molar-refractivity contribution in [3.8, 4) is 0 Å². The molecular formula is C15H20N2O2. The van der Waals surface area contributed by atoms with Crippen LogP contribution >= 0.6 is 0 Å². The van der Waals surface area contributed by atoms with Gasteiger partial charge >= 0.3 is 0 Å². The second-order valence-corrected chi connectivity index (χ2v) is 5.11. The minimum atomic E-state index is 0.0152. The number of nitrogens with zero attached hydrogens (tertiary/aromatic N) is 2. The van der Waals surface area contributed by atoms with Gasteiger partial charge in [-0.25, -0.2) is 0 Å². The zero-order chi connectivity index (χ0) is 13.8. The predicted octanol–water partition coefficient (Wildman–Crippen LogP) is 1.22. The number of benzene rings is 1. The van der Waals surface area contributed by atoms with Gasteiger partial charge in [0.2, 0.25) is 5.91 Å². The maximum Gasteiger partial charge on any atom is 0.246 e. The van der Waals surface area contributed by atoms with Gasteiger partial charge in [-0.2, -0.15) is 0 Å². The van der Waals surface area contributed by atoms with Crippen molar-refractivity contribution in [1.29, 1.82) is 0 Å². The average molecular weight is 260 g/mol. The van der Waals surface area contributed by atoms with Crippen molar-refractivity contribution in [1.82, 2.24) is 4.90 Å². The maximum atomic E-state index is 11.8. The van der Waals surface area contributed by atoms with Gasteiger partial charge in [-0.15, -0.1) is 0 Å². The number of carbonyl (C=O) groups is 1. The Morgan fingerprint density at radius 3 is 2.53 bits per heavy atom. The third-order valence-electron chi connectivity index (χ3n) is 3.35. The van der Waals surface area contributed by atoms with Crippen LogP contribution in [0.1, 0.15) is 5.56 Å². The maximum absolute atomic E-state index is 11.8. The second-order valence-electron chi connectivity index (χ2n) is 5.11. The molecule has 1 aromatic carbocycles. The molecule has 1 fully saturated rings. The van der Waals surface area contributed by atoms with Gasteiger partial charge in [0, 0.05) is 51.5 Å². The SMILES string of the molecule is CN(C)c1ccc(C=CC(=O)N2CC(CO)C2)cc1. The fourth-order valence-corrected chi connectivity index (χ4v) is 2.02. The molecule has 4 heteroatoms. The third kappa shape index (κ3) is 3.35. The highest BCUT2D eigenvalue weighted by molar-refractivity contribution is 5.92. The van der Waals surface area contributed by atoms with Crippen LogP contribution in [0.3, 0.4) is 0 Å². The van der Waals surface area contributed by atoms with Crippen LogP contribution in [0.2, 0.25) is 0 Å². The van der Waals surface area contributed by atoms with Gasteiger partial charge in [-0.1, -0.05) is 12.1 Å². The van der Waals surface area contributed by atoms with Crippen LogP contribution in [-0.4, -0.2) is 49.7 Å². The van der Waals surface area contributed by atoms with E-state index in [0.717, 1.165) is 11.3 Å². The van der Waals surface area contributed by atoms with Crippen molar-refractivity contribution >= 4 is 17.7 Å². The molecular weight excluding hydrogens is 240 g/mol. The minimum absolute atomic E-state index is 0.0152. The summed E-state index contributed by atoms with van der Waals surface area (Å²) in [6.07, 6.45) is 3.42. The topological polar surface area (TPSA) is 43.8 Å². The van der Waals surface area contributed by atoms with E-state index in [-0.39, 0.29) is 18.4 Å². The monoisotopic (exact) mass is 260 g/mol. The summed E-state index contributed by atoms with van der Waals surface area (Å²) >= 11 is 0. The Morgan fingerprint density at radius 2 is 2.00 bits per heavy atom. The lowest BCUT2D eigenvalue weighted by Gasteiger charge is -2.37. The standard InChI is InChI=1S/C15H20N2O2/c1-16(2)14-6-3-12(4-7-14)5-8-15(19)17-9-13(10-17)11-18/h3-8,13,18H,9-11H2,1-2H3. The highest BCUT2D eigenvalue weighted by atomic mass is 16.3. The van der Waals surface area contributed by atoms with Gasteiger partial charge in [0.15, 0.2) is 0 Å². The Balaban J connectivity index is 1.90. The summed E-state index contributed by atoms with van der Waals surface area (Å²) in [4.78, 5) is 15.6. The molecule has 0 aliphatic carbocycles. The molecule has 1 aliphatic rings. The zero-order valence-corrected chi connectivity index (χ0v) is 11.4. The number of anilines is 1. The summed E-state index contributed by atoms with van der Waals surface area (Å²) in [6, 6.07) is 8.03. The number of likely N-dealkylation sites (tertiary alicyclic amines) is 1. The molecule has 1 amide bonds. The van der Waals surface area contributed by atoms with Gasteiger partial charge in [0.25, 0.3) is 0 Å². The summed E-state index contributed by atoms with van der Waals surface area (Å²) in [5, 5.41) is 8.90. The van der Waals surface area contributed by atoms with E-state index in [4.69, 9.17) is 5.11 Å². The second kappa shape index (κ2) is 5.89. The largest absolute Gasteiger partial charge is 0.396 e. The molecule has 1 N–H and O–H groups in total. The fourth-order valence-electron chi connectivity index (χ4n) is 2.02. The molecule has 1 aliphatic heterocycles. The van der Waals surface area contributed by atoms with Gasteiger partial charge in [-0.3, -0.25) is 4.79 Å². The van der Waals surface area contributed by atoms with Crippen molar-refractivity contribution in [2.24, 2.45) is 5.92 Å². The molecule has 4 nitrogen and oxygen atoms in total. The first kappa shape index (κ1) is 13.6. The van der Waals surface area contributed by atoms with Crippen LogP contribution < -0.4 is 4.90 Å². The quantitative estimate of drug-likeness (QED) is 0.828. The smallest absolute Gasteiger partial charge is 0.246 e. The fraction of sp³-hybridized carbons (Fsp3) is 0.400. The molecule has 19 heavy (non-hydrogen) atoms. The number of aliphatic hydroxyl groups excluding tert-OH is 1. The third-order valence-corrected chi connectivity index (χ3v) is 3.35. The van der Waals surface area contributed by atoms with Gasteiger partial charge in [0.05, 0.1) is 0 Å². The van der Waals surface area contributed by atoms with Gasteiger partial charge in [0.1, 0.15) is 0 Å². The molecule has 0 unspecified atom stereocenters. The molecule has 102 valence electrons. The van der Waals surface area contributed by atoms with Crippen LogP contribution in [0.5, 0.6) is 0 Å².